The molecule has 0 aliphatic heterocycles. The summed E-state index contributed by atoms with van der Waals surface area (Å²) in [6, 6.07) is 4.23. The van der Waals surface area contributed by atoms with Crippen LogP contribution in [0.15, 0.2) is 22.9 Å². The van der Waals surface area contributed by atoms with Gasteiger partial charge in [0.2, 0.25) is 0 Å². The van der Waals surface area contributed by atoms with E-state index in [-0.39, 0.29) is 0 Å². The second-order valence-corrected chi connectivity index (χ2v) is 7.66. The van der Waals surface area contributed by atoms with E-state index in [1.165, 1.54) is 10.8 Å². The van der Waals surface area contributed by atoms with Crippen molar-refractivity contribution in [1.82, 2.24) is 9.97 Å². The number of benzene rings is 2. The predicted octanol–water partition coefficient (Wildman–Crippen LogP) is 6.11. The molecular weight excluding hydrogens is 346 g/mol. The number of nitrogens with zero attached hydrogens (tertiary/aromatic N) is 2. The van der Waals surface area contributed by atoms with Gasteiger partial charge in [0.05, 0.1) is 11.0 Å². The minimum atomic E-state index is -1.15. The van der Waals surface area contributed by atoms with Gasteiger partial charge in [0.15, 0.2) is 0 Å². The normalized spacial score (nSPS) is 12.2. The molecule has 0 saturated heterocycles. The molecule has 5 rings (SSSR count). The maximum atomic E-state index is 13.7. The van der Waals surface area contributed by atoms with Gasteiger partial charge in [-0.15, -0.1) is 22.7 Å². The molecule has 24 heavy (non-hydrogen) atoms. The molecule has 5 aromatic rings. The van der Waals surface area contributed by atoms with Crippen LogP contribution in [0.2, 0.25) is 0 Å². The lowest BCUT2D eigenvalue weighted by Crippen LogP contribution is -2.00. The first kappa shape index (κ1) is 14.2. The Morgan fingerprint density at radius 1 is 0.750 bits per heavy atom. The summed E-state index contributed by atoms with van der Waals surface area (Å²) in [7, 11) is 0. The number of hydrogen-bond donors (Lipinski definition) is 0. The maximum absolute atomic E-state index is 13.7. The van der Waals surface area contributed by atoms with E-state index in [1.807, 2.05) is 13.8 Å². The second kappa shape index (κ2) is 4.68. The fourth-order valence-corrected chi connectivity index (χ4v) is 5.56. The molecule has 0 N–H and O–H groups in total. The van der Waals surface area contributed by atoms with Crippen molar-refractivity contribution in [2.45, 2.75) is 13.8 Å². The van der Waals surface area contributed by atoms with Crippen molar-refractivity contribution in [1.29, 1.82) is 0 Å². The Kier molecular flexibility index (Phi) is 2.76. The number of aromatic nitrogens is 2. The van der Waals surface area contributed by atoms with E-state index in [9.17, 15) is 8.78 Å². The summed E-state index contributed by atoms with van der Waals surface area (Å²) in [5.74, 6) is -2.30. The van der Waals surface area contributed by atoms with Crippen molar-refractivity contribution >= 4 is 64.7 Å². The molecule has 118 valence electrons. The molecular formula is C18H10F2N2S2. The molecule has 0 aliphatic rings. The molecule has 0 saturated carbocycles. The van der Waals surface area contributed by atoms with Crippen LogP contribution in [-0.2, 0) is 0 Å². The van der Waals surface area contributed by atoms with E-state index in [4.69, 9.17) is 0 Å². The number of halogens is 2. The van der Waals surface area contributed by atoms with Crippen molar-refractivity contribution in [2.75, 3.05) is 0 Å². The van der Waals surface area contributed by atoms with E-state index in [0.29, 0.717) is 11.0 Å². The smallest absolute Gasteiger partial charge is 0.214 e. The summed E-state index contributed by atoms with van der Waals surface area (Å²) in [6.07, 6.45) is 0. The van der Waals surface area contributed by atoms with Gasteiger partial charge in [0.1, 0.15) is 0 Å². The van der Waals surface area contributed by atoms with Crippen molar-refractivity contribution in [2.24, 2.45) is 0 Å². The first-order valence-corrected chi connectivity index (χ1v) is 9.16. The highest BCUT2D eigenvalue weighted by molar-refractivity contribution is 7.20. The zero-order valence-corrected chi connectivity index (χ0v) is 14.4. The van der Waals surface area contributed by atoms with Gasteiger partial charge in [-0.1, -0.05) is 0 Å². The van der Waals surface area contributed by atoms with E-state index < -0.39 is 11.9 Å². The average Bonchev–Trinajstić information content (AvgIpc) is 3.21. The number of hydrogen-bond acceptors (Lipinski definition) is 4. The third-order valence-corrected chi connectivity index (χ3v) is 6.46. The highest BCUT2D eigenvalue weighted by atomic mass is 32.1. The Morgan fingerprint density at radius 2 is 1.17 bits per heavy atom. The van der Waals surface area contributed by atoms with Crippen LogP contribution in [0.5, 0.6) is 0 Å². The Balaban J connectivity index is 2.21. The summed E-state index contributed by atoms with van der Waals surface area (Å²) >= 11 is 3.32. The fraction of sp³-hybridized carbons (Fsp3) is 0.111. The minimum absolute atomic E-state index is 0.435. The van der Waals surface area contributed by atoms with Crippen LogP contribution in [0.1, 0.15) is 11.1 Å². The van der Waals surface area contributed by atoms with Gasteiger partial charge in [-0.25, -0.2) is 9.97 Å². The first-order valence-electron chi connectivity index (χ1n) is 7.40. The zero-order valence-electron chi connectivity index (χ0n) is 12.8. The molecule has 6 heteroatoms. The van der Waals surface area contributed by atoms with Gasteiger partial charge < -0.3 is 0 Å². The van der Waals surface area contributed by atoms with Crippen molar-refractivity contribution in [3.63, 3.8) is 0 Å². The molecule has 0 bridgehead atoms. The molecule has 0 aliphatic carbocycles. The molecule has 0 amide bonds. The van der Waals surface area contributed by atoms with Gasteiger partial charge in [-0.05, 0) is 47.9 Å². The number of rotatable bonds is 0. The quantitative estimate of drug-likeness (QED) is 0.313. The third kappa shape index (κ3) is 1.62. The predicted molar refractivity (Wildman–Crippen MR) is 97.2 cm³/mol. The molecule has 3 heterocycles. The van der Waals surface area contributed by atoms with Gasteiger partial charge in [0.25, 0.3) is 11.9 Å². The summed E-state index contributed by atoms with van der Waals surface area (Å²) in [6.45, 7) is 3.82. The fourth-order valence-electron chi connectivity index (χ4n) is 3.53. The maximum Gasteiger partial charge on any atom is 0.269 e. The summed E-state index contributed by atoms with van der Waals surface area (Å²) in [5.41, 5.74) is 2.56. The number of aryl methyl sites for hydroxylation is 2. The summed E-state index contributed by atoms with van der Waals surface area (Å²) in [4.78, 5) is 7.70. The lowest BCUT2D eigenvalue weighted by Gasteiger charge is -2.13. The average molecular weight is 356 g/mol. The van der Waals surface area contributed by atoms with Gasteiger partial charge in [0, 0.05) is 30.9 Å². The summed E-state index contributed by atoms with van der Waals surface area (Å²) < 4.78 is 29.7. The topological polar surface area (TPSA) is 25.8 Å². The largest absolute Gasteiger partial charge is 0.269 e. The molecule has 0 fully saturated rings. The standard InChI is InChI=1S/C18H10F2N2S2/c1-7-11-12(8(2)14-13(7)21-17(19)18(20)22-14)16-10(4-6-24-16)9-3-5-23-15(9)11/h3-6H,1-2H3. The monoisotopic (exact) mass is 356 g/mol. The number of fused-ring (bicyclic) bond motifs is 7. The lowest BCUT2D eigenvalue weighted by atomic mass is 9.95. The molecule has 3 aromatic heterocycles. The molecule has 0 unspecified atom stereocenters. The van der Waals surface area contributed by atoms with Crippen LogP contribution in [-0.4, -0.2) is 9.97 Å². The molecule has 2 aromatic carbocycles. The Bertz CT molecular complexity index is 1200. The van der Waals surface area contributed by atoms with Crippen LogP contribution < -0.4 is 0 Å². The highest BCUT2D eigenvalue weighted by Crippen LogP contribution is 2.44. The molecule has 2 nitrogen and oxygen atoms in total. The van der Waals surface area contributed by atoms with E-state index >= 15 is 0 Å². The van der Waals surface area contributed by atoms with E-state index in [1.54, 1.807) is 22.7 Å². The molecule has 0 radical (unpaired) electrons. The van der Waals surface area contributed by atoms with E-state index in [0.717, 1.165) is 31.3 Å². The molecule has 0 spiro atoms. The van der Waals surface area contributed by atoms with Gasteiger partial charge in [-0.3, -0.25) is 0 Å². The van der Waals surface area contributed by atoms with Crippen LogP contribution >= 0.6 is 22.7 Å². The Hall–Kier alpha value is -2.18. The molecule has 0 atom stereocenters. The second-order valence-electron chi connectivity index (χ2n) is 5.83. The van der Waals surface area contributed by atoms with Crippen molar-refractivity contribution in [3.8, 4) is 0 Å². The Morgan fingerprint density at radius 3 is 1.58 bits per heavy atom. The lowest BCUT2D eigenvalue weighted by molar-refractivity contribution is 0.459. The summed E-state index contributed by atoms with van der Waals surface area (Å²) in [5, 5.41) is 8.66. The van der Waals surface area contributed by atoms with Gasteiger partial charge in [-0.2, -0.15) is 8.78 Å². The minimum Gasteiger partial charge on any atom is -0.214 e. The van der Waals surface area contributed by atoms with Crippen LogP contribution in [0, 0.1) is 25.7 Å². The Labute approximate surface area is 143 Å². The highest BCUT2D eigenvalue weighted by Gasteiger charge is 2.20. The van der Waals surface area contributed by atoms with Crippen molar-refractivity contribution < 1.29 is 8.78 Å². The zero-order chi connectivity index (χ0) is 16.6. The van der Waals surface area contributed by atoms with E-state index in [2.05, 4.69) is 32.9 Å². The first-order chi connectivity index (χ1) is 11.6. The van der Waals surface area contributed by atoms with Gasteiger partial charge >= 0.3 is 0 Å². The number of thiophene rings is 2. The van der Waals surface area contributed by atoms with Crippen LogP contribution in [0.3, 0.4) is 0 Å². The van der Waals surface area contributed by atoms with Crippen LogP contribution in [0.25, 0.3) is 42.0 Å². The van der Waals surface area contributed by atoms with Crippen LogP contribution in [0.4, 0.5) is 8.78 Å². The third-order valence-electron chi connectivity index (χ3n) is 4.60. The van der Waals surface area contributed by atoms with Crippen molar-refractivity contribution in [3.05, 3.63) is 45.9 Å². The SMILES string of the molecule is Cc1c2nc(F)c(F)nc2c(C)c2c3sccc3c3ccsc3c12.